The maximum Gasteiger partial charge on any atom is 0.279 e. The lowest BCUT2D eigenvalue weighted by Gasteiger charge is -2.03. The lowest BCUT2D eigenvalue weighted by atomic mass is 10.2. The standard InChI is InChI=1S/C7H5Cl2F2NO/c8-2-3-1-4(9)5(6(10)11)12-7(3)13/h1,6H,2H2,(H,12,13). The van der Waals surface area contributed by atoms with E-state index in [1.54, 1.807) is 0 Å². The summed E-state index contributed by atoms with van der Waals surface area (Å²) in [6.07, 6.45) is -2.79. The number of pyridine rings is 1. The van der Waals surface area contributed by atoms with Crippen LogP contribution in [-0.2, 0) is 5.88 Å². The average Bonchev–Trinajstić information content (AvgIpc) is 2.07. The van der Waals surface area contributed by atoms with Crippen LogP contribution in [0.3, 0.4) is 0 Å². The van der Waals surface area contributed by atoms with Crippen molar-refractivity contribution < 1.29 is 8.78 Å². The molecule has 0 spiro atoms. The maximum atomic E-state index is 12.2. The van der Waals surface area contributed by atoms with E-state index in [9.17, 15) is 13.6 Å². The predicted molar refractivity (Wildman–Crippen MR) is 46.6 cm³/mol. The molecule has 0 amide bonds. The minimum absolute atomic E-state index is 0.0570. The fraction of sp³-hybridized carbons (Fsp3) is 0.286. The Morgan fingerprint density at radius 2 is 2.15 bits per heavy atom. The van der Waals surface area contributed by atoms with Gasteiger partial charge in [0.25, 0.3) is 12.0 Å². The topological polar surface area (TPSA) is 32.9 Å². The highest BCUT2D eigenvalue weighted by molar-refractivity contribution is 6.31. The molecule has 0 aliphatic heterocycles. The normalized spacial score (nSPS) is 10.8. The summed E-state index contributed by atoms with van der Waals surface area (Å²) in [4.78, 5) is 13.0. The van der Waals surface area contributed by atoms with Gasteiger partial charge in [0.1, 0.15) is 5.69 Å². The van der Waals surface area contributed by atoms with Gasteiger partial charge in [0, 0.05) is 5.56 Å². The molecule has 0 unspecified atom stereocenters. The molecule has 0 radical (unpaired) electrons. The van der Waals surface area contributed by atoms with Crippen LogP contribution in [-0.4, -0.2) is 4.98 Å². The maximum absolute atomic E-state index is 12.2. The number of alkyl halides is 3. The Labute approximate surface area is 82.5 Å². The van der Waals surface area contributed by atoms with E-state index in [0.29, 0.717) is 0 Å². The van der Waals surface area contributed by atoms with Crippen molar-refractivity contribution >= 4 is 23.2 Å². The Morgan fingerprint density at radius 3 is 2.62 bits per heavy atom. The van der Waals surface area contributed by atoms with Gasteiger partial charge in [-0.2, -0.15) is 0 Å². The van der Waals surface area contributed by atoms with E-state index in [1.165, 1.54) is 0 Å². The predicted octanol–water partition coefficient (Wildman–Crippen LogP) is 2.70. The van der Waals surface area contributed by atoms with Crippen molar-refractivity contribution in [3.8, 4) is 0 Å². The Hall–Kier alpha value is -0.610. The number of hydrogen-bond donors (Lipinski definition) is 1. The molecular formula is C7H5Cl2F2NO. The first-order chi connectivity index (χ1) is 6.06. The van der Waals surface area contributed by atoms with Crippen LogP contribution >= 0.6 is 23.2 Å². The summed E-state index contributed by atoms with van der Waals surface area (Å²) < 4.78 is 24.3. The minimum Gasteiger partial charge on any atom is -0.320 e. The fourth-order valence-corrected chi connectivity index (χ4v) is 1.28. The van der Waals surface area contributed by atoms with Crippen LogP contribution in [0.1, 0.15) is 17.7 Å². The molecule has 13 heavy (non-hydrogen) atoms. The first kappa shape index (κ1) is 10.5. The largest absolute Gasteiger partial charge is 0.320 e. The molecule has 6 heteroatoms. The van der Waals surface area contributed by atoms with Crippen molar-refractivity contribution in [3.63, 3.8) is 0 Å². The Kier molecular flexibility index (Phi) is 3.27. The molecule has 0 saturated heterocycles. The molecule has 0 aromatic carbocycles. The lowest BCUT2D eigenvalue weighted by Crippen LogP contribution is -2.14. The molecule has 0 aliphatic rings. The fourth-order valence-electron chi connectivity index (χ4n) is 0.817. The molecule has 1 aromatic rings. The van der Waals surface area contributed by atoms with Crippen molar-refractivity contribution in [3.05, 3.63) is 32.7 Å². The van der Waals surface area contributed by atoms with E-state index >= 15 is 0 Å². The number of aromatic amines is 1. The molecule has 1 aromatic heterocycles. The van der Waals surface area contributed by atoms with E-state index in [1.807, 2.05) is 4.98 Å². The Bertz CT molecular complexity index is 364. The summed E-state index contributed by atoms with van der Waals surface area (Å²) in [5.41, 5.74) is -1.02. The van der Waals surface area contributed by atoms with Crippen molar-refractivity contribution in [2.75, 3.05) is 0 Å². The summed E-state index contributed by atoms with van der Waals surface area (Å²) in [6.45, 7) is 0. The summed E-state index contributed by atoms with van der Waals surface area (Å²) in [6, 6.07) is 1.15. The van der Waals surface area contributed by atoms with Crippen LogP contribution < -0.4 is 5.56 Å². The van der Waals surface area contributed by atoms with Crippen LogP contribution in [0.15, 0.2) is 10.9 Å². The van der Waals surface area contributed by atoms with Crippen LogP contribution in [0.4, 0.5) is 8.78 Å². The van der Waals surface area contributed by atoms with E-state index in [-0.39, 0.29) is 16.5 Å². The van der Waals surface area contributed by atoms with E-state index < -0.39 is 17.7 Å². The number of halogens is 4. The molecule has 0 bridgehead atoms. The first-order valence-electron chi connectivity index (χ1n) is 3.32. The second-order valence-corrected chi connectivity index (χ2v) is 2.99. The zero-order valence-electron chi connectivity index (χ0n) is 6.28. The van der Waals surface area contributed by atoms with Gasteiger partial charge in [-0.15, -0.1) is 11.6 Å². The molecule has 2 nitrogen and oxygen atoms in total. The highest BCUT2D eigenvalue weighted by atomic mass is 35.5. The molecule has 1 heterocycles. The van der Waals surface area contributed by atoms with Gasteiger partial charge >= 0.3 is 0 Å². The Morgan fingerprint density at radius 1 is 1.54 bits per heavy atom. The SMILES string of the molecule is O=c1[nH]c(C(F)F)c(Cl)cc1CCl. The van der Waals surface area contributed by atoms with Crippen LogP contribution in [0.5, 0.6) is 0 Å². The number of nitrogens with one attached hydrogen (secondary N) is 1. The van der Waals surface area contributed by atoms with Crippen molar-refractivity contribution in [1.29, 1.82) is 0 Å². The highest BCUT2D eigenvalue weighted by Crippen LogP contribution is 2.24. The molecule has 1 rings (SSSR count). The quantitative estimate of drug-likeness (QED) is 0.775. The summed E-state index contributed by atoms with van der Waals surface area (Å²) in [7, 11) is 0. The van der Waals surface area contributed by atoms with Gasteiger partial charge in [-0.25, -0.2) is 8.78 Å². The van der Waals surface area contributed by atoms with E-state index in [2.05, 4.69) is 0 Å². The van der Waals surface area contributed by atoms with Gasteiger partial charge in [0.15, 0.2) is 0 Å². The minimum atomic E-state index is -2.79. The summed E-state index contributed by atoms with van der Waals surface area (Å²) >= 11 is 10.8. The molecular weight excluding hydrogens is 223 g/mol. The lowest BCUT2D eigenvalue weighted by molar-refractivity contribution is 0.146. The first-order valence-corrected chi connectivity index (χ1v) is 4.23. The number of aromatic nitrogens is 1. The molecule has 0 fully saturated rings. The molecule has 72 valence electrons. The van der Waals surface area contributed by atoms with Gasteiger partial charge < -0.3 is 4.98 Å². The average molecular weight is 228 g/mol. The van der Waals surface area contributed by atoms with E-state index in [0.717, 1.165) is 6.07 Å². The number of H-pyrrole nitrogens is 1. The Balaban J connectivity index is 3.29. The van der Waals surface area contributed by atoms with Gasteiger partial charge in [-0.05, 0) is 6.07 Å². The van der Waals surface area contributed by atoms with Gasteiger partial charge in [-0.1, -0.05) is 11.6 Å². The van der Waals surface area contributed by atoms with E-state index in [4.69, 9.17) is 23.2 Å². The molecule has 0 saturated carbocycles. The third kappa shape index (κ3) is 2.19. The van der Waals surface area contributed by atoms with Gasteiger partial charge in [-0.3, -0.25) is 4.79 Å². The van der Waals surface area contributed by atoms with Gasteiger partial charge in [0.2, 0.25) is 0 Å². The molecule has 0 aliphatic carbocycles. The van der Waals surface area contributed by atoms with Crippen molar-refractivity contribution in [2.45, 2.75) is 12.3 Å². The number of hydrogen-bond acceptors (Lipinski definition) is 1. The zero-order chi connectivity index (χ0) is 10.0. The molecule has 0 atom stereocenters. The second-order valence-electron chi connectivity index (χ2n) is 2.32. The summed E-state index contributed by atoms with van der Waals surface area (Å²) in [5, 5.41) is -0.176. The van der Waals surface area contributed by atoms with Crippen molar-refractivity contribution in [1.82, 2.24) is 4.98 Å². The van der Waals surface area contributed by atoms with Crippen molar-refractivity contribution in [2.24, 2.45) is 0 Å². The summed E-state index contributed by atoms with van der Waals surface area (Å²) in [5.74, 6) is -0.0570. The number of rotatable bonds is 2. The highest BCUT2D eigenvalue weighted by Gasteiger charge is 2.14. The van der Waals surface area contributed by atoms with Gasteiger partial charge in [0.05, 0.1) is 10.9 Å². The zero-order valence-corrected chi connectivity index (χ0v) is 7.79. The molecule has 1 N–H and O–H groups in total. The third-order valence-electron chi connectivity index (χ3n) is 1.46. The second kappa shape index (κ2) is 4.07. The van der Waals surface area contributed by atoms with Crippen LogP contribution in [0.2, 0.25) is 5.02 Å². The monoisotopic (exact) mass is 227 g/mol. The third-order valence-corrected chi connectivity index (χ3v) is 2.06. The van der Waals surface area contributed by atoms with Crippen LogP contribution in [0.25, 0.3) is 0 Å². The van der Waals surface area contributed by atoms with Crippen LogP contribution in [0, 0.1) is 0 Å². The smallest absolute Gasteiger partial charge is 0.279 e.